The SMILES string of the molecule is C.CC(C)CN1Cc2ccccc2CC1C(N)CCCCB(O)O.O=C=O. The Kier molecular flexibility index (Phi) is 12.9. The number of benzene rings is 1. The van der Waals surface area contributed by atoms with Gasteiger partial charge in [-0.15, -0.1) is 0 Å². The van der Waals surface area contributed by atoms with Crippen molar-refractivity contribution >= 4 is 13.3 Å². The van der Waals surface area contributed by atoms with Gasteiger partial charge in [-0.1, -0.05) is 58.4 Å². The van der Waals surface area contributed by atoms with Crippen LogP contribution in [0, 0.1) is 5.92 Å². The van der Waals surface area contributed by atoms with Crippen LogP contribution in [0.15, 0.2) is 24.3 Å². The highest BCUT2D eigenvalue weighted by molar-refractivity contribution is 6.40. The van der Waals surface area contributed by atoms with Crippen LogP contribution in [0.2, 0.25) is 6.32 Å². The van der Waals surface area contributed by atoms with E-state index in [0.29, 0.717) is 18.3 Å². The van der Waals surface area contributed by atoms with Crippen LogP contribution in [0.5, 0.6) is 0 Å². The lowest BCUT2D eigenvalue weighted by atomic mass is 9.82. The van der Waals surface area contributed by atoms with E-state index in [4.69, 9.17) is 25.4 Å². The molecule has 152 valence electrons. The minimum Gasteiger partial charge on any atom is -0.427 e. The Morgan fingerprint density at radius 2 is 1.81 bits per heavy atom. The molecular formula is C20H35BN2O4. The highest BCUT2D eigenvalue weighted by Crippen LogP contribution is 2.26. The first kappa shape index (κ1) is 25.5. The van der Waals surface area contributed by atoms with Gasteiger partial charge in [0.1, 0.15) is 0 Å². The maximum atomic E-state index is 8.93. The van der Waals surface area contributed by atoms with Gasteiger partial charge in [0.25, 0.3) is 0 Å². The van der Waals surface area contributed by atoms with Gasteiger partial charge in [0, 0.05) is 25.2 Å². The van der Waals surface area contributed by atoms with Gasteiger partial charge in [-0.25, -0.2) is 0 Å². The van der Waals surface area contributed by atoms with Crippen molar-refractivity contribution in [2.45, 2.75) is 71.9 Å². The molecule has 0 amide bonds. The summed E-state index contributed by atoms with van der Waals surface area (Å²) in [5, 5.41) is 17.9. The largest absolute Gasteiger partial charge is 0.451 e. The fourth-order valence-corrected chi connectivity index (χ4v) is 3.59. The molecule has 0 bridgehead atoms. The van der Waals surface area contributed by atoms with Gasteiger partial charge in [0.2, 0.25) is 0 Å². The molecule has 2 rings (SSSR count). The highest BCUT2D eigenvalue weighted by atomic mass is 16.4. The second-order valence-corrected chi connectivity index (χ2v) is 7.38. The summed E-state index contributed by atoms with van der Waals surface area (Å²) in [4.78, 5) is 18.8. The molecule has 1 heterocycles. The summed E-state index contributed by atoms with van der Waals surface area (Å²) in [6, 6.07) is 9.20. The quantitative estimate of drug-likeness (QED) is 0.473. The van der Waals surface area contributed by atoms with Crippen LogP contribution in [-0.4, -0.2) is 46.8 Å². The zero-order valence-electron chi connectivity index (χ0n) is 15.8. The fraction of sp³-hybridized carbons (Fsp3) is 0.650. The first-order chi connectivity index (χ1) is 12.4. The molecule has 0 aromatic heterocycles. The predicted octanol–water partition coefficient (Wildman–Crippen LogP) is 2.09. The number of rotatable bonds is 8. The van der Waals surface area contributed by atoms with E-state index in [-0.39, 0.29) is 19.6 Å². The molecule has 1 aliphatic rings. The summed E-state index contributed by atoms with van der Waals surface area (Å²) in [6.07, 6.45) is 4.42. The normalized spacial score (nSPS) is 17.0. The third-order valence-corrected chi connectivity index (χ3v) is 4.73. The average Bonchev–Trinajstić information content (AvgIpc) is 2.58. The Bertz CT molecular complexity index is 563. The van der Waals surface area contributed by atoms with Gasteiger partial charge in [-0.05, 0) is 36.2 Å². The average molecular weight is 378 g/mol. The lowest BCUT2D eigenvalue weighted by Crippen LogP contribution is -2.52. The van der Waals surface area contributed by atoms with Crippen molar-refractivity contribution in [2.24, 2.45) is 11.7 Å². The fourth-order valence-electron chi connectivity index (χ4n) is 3.59. The molecule has 0 fully saturated rings. The van der Waals surface area contributed by atoms with Gasteiger partial charge >= 0.3 is 13.3 Å². The number of fused-ring (bicyclic) bond motifs is 1. The molecule has 4 N–H and O–H groups in total. The van der Waals surface area contributed by atoms with Crippen LogP contribution < -0.4 is 5.73 Å². The summed E-state index contributed by atoms with van der Waals surface area (Å²) in [7, 11) is -1.19. The van der Waals surface area contributed by atoms with Crippen LogP contribution in [0.25, 0.3) is 0 Å². The van der Waals surface area contributed by atoms with Crippen LogP contribution in [0.1, 0.15) is 51.7 Å². The van der Waals surface area contributed by atoms with Crippen LogP contribution in [0.3, 0.4) is 0 Å². The molecule has 2 atom stereocenters. The van der Waals surface area contributed by atoms with E-state index in [9.17, 15) is 0 Å². The van der Waals surface area contributed by atoms with Gasteiger partial charge in [0.15, 0.2) is 0 Å². The van der Waals surface area contributed by atoms with E-state index in [2.05, 4.69) is 43.0 Å². The smallest absolute Gasteiger partial charge is 0.427 e. The molecule has 7 heteroatoms. The number of unbranched alkanes of at least 4 members (excludes halogenated alkanes) is 1. The molecule has 1 aromatic rings. The Morgan fingerprint density at radius 1 is 1.22 bits per heavy atom. The molecule has 0 aliphatic carbocycles. The third kappa shape index (κ3) is 9.31. The molecule has 0 saturated carbocycles. The van der Waals surface area contributed by atoms with Crippen molar-refractivity contribution in [1.82, 2.24) is 4.90 Å². The Morgan fingerprint density at radius 3 is 2.37 bits per heavy atom. The molecule has 0 radical (unpaired) electrons. The molecule has 6 nitrogen and oxygen atoms in total. The summed E-state index contributed by atoms with van der Waals surface area (Å²) in [6.45, 7) is 6.57. The Balaban J connectivity index is 0.00000158. The second-order valence-electron chi connectivity index (χ2n) is 7.38. The maximum absolute atomic E-state index is 8.93. The minimum atomic E-state index is -1.19. The summed E-state index contributed by atoms with van der Waals surface area (Å²) < 4.78 is 0. The van der Waals surface area contributed by atoms with Crippen LogP contribution in [-0.2, 0) is 22.6 Å². The van der Waals surface area contributed by atoms with Gasteiger partial charge in [0.05, 0.1) is 0 Å². The van der Waals surface area contributed by atoms with E-state index in [1.54, 1.807) is 0 Å². The first-order valence-corrected chi connectivity index (χ1v) is 9.30. The second kappa shape index (κ2) is 13.6. The lowest BCUT2D eigenvalue weighted by molar-refractivity contribution is -0.191. The number of hydrogen-bond acceptors (Lipinski definition) is 6. The zero-order valence-corrected chi connectivity index (χ0v) is 15.8. The van der Waals surface area contributed by atoms with Gasteiger partial charge in [-0.3, -0.25) is 4.90 Å². The zero-order chi connectivity index (χ0) is 19.5. The summed E-state index contributed by atoms with van der Waals surface area (Å²) in [5.74, 6) is 0.625. The standard InChI is InChI=1S/C18H31BN2O2.CO2.CH4/c1-14(2)12-21-13-16-8-4-3-7-15(16)11-18(21)17(20)9-5-6-10-19(22)23;2-1-3;/h3-4,7-8,14,17-18,22-23H,5-6,9-13,20H2,1-2H3;;1H4. The van der Waals surface area contributed by atoms with Gasteiger partial charge < -0.3 is 15.8 Å². The predicted molar refractivity (Wildman–Crippen MR) is 108 cm³/mol. The summed E-state index contributed by atoms with van der Waals surface area (Å²) in [5.41, 5.74) is 9.38. The van der Waals surface area contributed by atoms with E-state index in [1.807, 2.05) is 0 Å². The topological polar surface area (TPSA) is 104 Å². The summed E-state index contributed by atoms with van der Waals surface area (Å²) >= 11 is 0. The number of hydrogen-bond donors (Lipinski definition) is 3. The van der Waals surface area contributed by atoms with Crippen molar-refractivity contribution in [2.75, 3.05) is 6.54 Å². The van der Waals surface area contributed by atoms with E-state index in [0.717, 1.165) is 38.8 Å². The molecule has 1 aromatic carbocycles. The van der Waals surface area contributed by atoms with Crippen molar-refractivity contribution in [1.29, 1.82) is 0 Å². The van der Waals surface area contributed by atoms with E-state index >= 15 is 0 Å². The molecule has 1 aliphatic heterocycles. The Labute approximate surface area is 163 Å². The van der Waals surface area contributed by atoms with Crippen LogP contribution >= 0.6 is 0 Å². The number of carbonyl (C=O) groups excluding carboxylic acids is 2. The molecule has 27 heavy (non-hydrogen) atoms. The lowest BCUT2D eigenvalue weighted by Gasteiger charge is -2.41. The first-order valence-electron chi connectivity index (χ1n) is 9.30. The Hall–Kier alpha value is -1.50. The van der Waals surface area contributed by atoms with Gasteiger partial charge in [-0.2, -0.15) is 9.59 Å². The molecule has 0 spiro atoms. The minimum absolute atomic E-state index is 0. The molecule has 2 unspecified atom stereocenters. The molecular weight excluding hydrogens is 343 g/mol. The molecule has 0 saturated heterocycles. The van der Waals surface area contributed by atoms with E-state index in [1.165, 1.54) is 11.1 Å². The monoisotopic (exact) mass is 378 g/mol. The third-order valence-electron chi connectivity index (χ3n) is 4.73. The van der Waals surface area contributed by atoms with E-state index < -0.39 is 7.12 Å². The highest BCUT2D eigenvalue weighted by Gasteiger charge is 2.30. The van der Waals surface area contributed by atoms with Crippen molar-refractivity contribution in [3.63, 3.8) is 0 Å². The van der Waals surface area contributed by atoms with Crippen molar-refractivity contribution in [3.05, 3.63) is 35.4 Å². The number of nitrogens with zero attached hydrogens (tertiary/aromatic N) is 1. The van der Waals surface area contributed by atoms with Crippen LogP contribution in [0.4, 0.5) is 0 Å². The van der Waals surface area contributed by atoms with Crippen molar-refractivity contribution < 1.29 is 19.6 Å². The van der Waals surface area contributed by atoms with Crippen molar-refractivity contribution in [3.8, 4) is 0 Å². The number of nitrogens with two attached hydrogens (primary N) is 1. The maximum Gasteiger partial charge on any atom is 0.451 e.